The predicted molar refractivity (Wildman–Crippen MR) is 160 cm³/mol. The second-order valence-corrected chi connectivity index (χ2v) is 10.9. The standard InChI is InChI=1S/C32H50O6S/c1-5-9-13-17-35-27-23-31(29(21-25(27)33)37-19-15-11-7-3)39-32-24-28(36-18-14-10-6-2)26(34)22-30(32)38-20-16-12-8-4/h21-24,33-34H,5-20H2,1-4H3. The van der Waals surface area contributed by atoms with Gasteiger partial charge in [-0.25, -0.2) is 0 Å². The van der Waals surface area contributed by atoms with Crippen molar-refractivity contribution < 1.29 is 29.2 Å². The molecule has 0 radical (unpaired) electrons. The Kier molecular flexibility index (Phi) is 16.5. The average molecular weight is 563 g/mol. The minimum atomic E-state index is 0.0723. The average Bonchev–Trinajstić information content (AvgIpc) is 2.93. The van der Waals surface area contributed by atoms with Crippen LogP contribution in [-0.2, 0) is 0 Å². The van der Waals surface area contributed by atoms with Gasteiger partial charge in [0.15, 0.2) is 23.0 Å². The van der Waals surface area contributed by atoms with Crippen LogP contribution in [0.25, 0.3) is 0 Å². The lowest BCUT2D eigenvalue weighted by atomic mass is 10.2. The van der Waals surface area contributed by atoms with Crippen molar-refractivity contribution in [3.05, 3.63) is 24.3 Å². The van der Waals surface area contributed by atoms with E-state index in [-0.39, 0.29) is 11.5 Å². The smallest absolute Gasteiger partial charge is 0.162 e. The molecule has 0 unspecified atom stereocenters. The highest BCUT2D eigenvalue weighted by molar-refractivity contribution is 7.99. The minimum Gasteiger partial charge on any atom is -0.504 e. The summed E-state index contributed by atoms with van der Waals surface area (Å²) < 4.78 is 24.1. The molecule has 0 saturated heterocycles. The molecule has 2 rings (SSSR count). The van der Waals surface area contributed by atoms with Crippen molar-refractivity contribution in [2.45, 2.75) is 115 Å². The van der Waals surface area contributed by atoms with Crippen LogP contribution in [0.2, 0.25) is 0 Å². The van der Waals surface area contributed by atoms with Gasteiger partial charge in [-0.2, -0.15) is 0 Å². The lowest BCUT2D eigenvalue weighted by Crippen LogP contribution is -2.02. The summed E-state index contributed by atoms with van der Waals surface area (Å²) in [7, 11) is 0. The van der Waals surface area contributed by atoms with E-state index in [0.717, 1.165) is 86.8 Å². The van der Waals surface area contributed by atoms with E-state index in [0.29, 0.717) is 49.4 Å². The van der Waals surface area contributed by atoms with Crippen LogP contribution in [0, 0.1) is 0 Å². The van der Waals surface area contributed by atoms with Crippen LogP contribution in [0.4, 0.5) is 0 Å². The van der Waals surface area contributed by atoms with E-state index in [1.165, 1.54) is 11.8 Å². The molecule has 220 valence electrons. The van der Waals surface area contributed by atoms with E-state index in [1.54, 1.807) is 12.1 Å². The summed E-state index contributed by atoms with van der Waals surface area (Å²) in [6, 6.07) is 6.98. The number of phenols is 2. The van der Waals surface area contributed by atoms with Crippen molar-refractivity contribution in [2.24, 2.45) is 0 Å². The Labute approximate surface area is 240 Å². The van der Waals surface area contributed by atoms with Crippen LogP contribution >= 0.6 is 11.8 Å². The Morgan fingerprint density at radius 1 is 0.462 bits per heavy atom. The minimum absolute atomic E-state index is 0.0723. The molecule has 0 aliphatic rings. The predicted octanol–water partition coefficient (Wildman–Crippen LogP) is 9.52. The van der Waals surface area contributed by atoms with Gasteiger partial charge in [0.25, 0.3) is 0 Å². The maximum Gasteiger partial charge on any atom is 0.162 e. The molecule has 0 aromatic heterocycles. The van der Waals surface area contributed by atoms with E-state index in [4.69, 9.17) is 18.9 Å². The molecular formula is C32H50O6S. The number of aromatic hydroxyl groups is 2. The molecule has 0 aliphatic heterocycles. The first kappa shape index (κ1) is 32.8. The second kappa shape index (κ2) is 19.6. The molecule has 0 saturated carbocycles. The molecule has 0 bridgehead atoms. The first-order valence-electron chi connectivity index (χ1n) is 15.0. The van der Waals surface area contributed by atoms with Crippen molar-refractivity contribution in [1.29, 1.82) is 0 Å². The fourth-order valence-electron chi connectivity index (χ4n) is 3.93. The van der Waals surface area contributed by atoms with Gasteiger partial charge in [-0.05, 0) is 25.7 Å². The molecule has 0 amide bonds. The van der Waals surface area contributed by atoms with Gasteiger partial charge in [-0.15, -0.1) is 0 Å². The first-order valence-corrected chi connectivity index (χ1v) is 15.8. The third kappa shape index (κ3) is 12.1. The van der Waals surface area contributed by atoms with Gasteiger partial charge in [0.2, 0.25) is 0 Å². The van der Waals surface area contributed by atoms with Gasteiger partial charge in [0.1, 0.15) is 11.5 Å². The highest BCUT2D eigenvalue weighted by atomic mass is 32.2. The van der Waals surface area contributed by atoms with Crippen molar-refractivity contribution in [1.82, 2.24) is 0 Å². The summed E-state index contributed by atoms with van der Waals surface area (Å²) in [5.74, 6) is 2.23. The van der Waals surface area contributed by atoms with Crippen LogP contribution in [0.15, 0.2) is 34.1 Å². The van der Waals surface area contributed by atoms with Gasteiger partial charge in [0.05, 0.1) is 36.2 Å². The number of unbranched alkanes of at least 4 members (excludes halogenated alkanes) is 8. The van der Waals surface area contributed by atoms with Gasteiger partial charge < -0.3 is 29.2 Å². The number of ether oxygens (including phenoxy) is 4. The van der Waals surface area contributed by atoms with E-state index >= 15 is 0 Å². The summed E-state index contributed by atoms with van der Waals surface area (Å²) in [5, 5.41) is 21.4. The summed E-state index contributed by atoms with van der Waals surface area (Å²) in [6.07, 6.45) is 12.5. The highest BCUT2D eigenvalue weighted by Crippen LogP contribution is 2.47. The fourth-order valence-corrected chi connectivity index (χ4v) is 4.94. The largest absolute Gasteiger partial charge is 0.504 e. The fraction of sp³-hybridized carbons (Fsp3) is 0.625. The maximum absolute atomic E-state index is 10.7. The number of rotatable bonds is 22. The van der Waals surface area contributed by atoms with Gasteiger partial charge >= 0.3 is 0 Å². The first-order chi connectivity index (χ1) is 19.0. The quantitative estimate of drug-likeness (QED) is 0.138. The number of hydrogen-bond donors (Lipinski definition) is 2. The molecule has 2 aromatic rings. The van der Waals surface area contributed by atoms with Crippen LogP contribution in [0.3, 0.4) is 0 Å². The molecule has 2 N–H and O–H groups in total. The second-order valence-electron chi connectivity index (χ2n) is 9.86. The Morgan fingerprint density at radius 3 is 1.08 bits per heavy atom. The number of benzene rings is 2. The molecular weight excluding hydrogens is 512 g/mol. The number of phenolic OH excluding ortho intramolecular Hbond substituents is 2. The maximum atomic E-state index is 10.7. The van der Waals surface area contributed by atoms with E-state index in [9.17, 15) is 10.2 Å². The van der Waals surface area contributed by atoms with Crippen molar-refractivity contribution in [3.8, 4) is 34.5 Å². The highest BCUT2D eigenvalue weighted by Gasteiger charge is 2.18. The summed E-state index contributed by atoms with van der Waals surface area (Å²) in [4.78, 5) is 1.63. The monoisotopic (exact) mass is 562 g/mol. The Morgan fingerprint density at radius 2 is 0.769 bits per heavy atom. The van der Waals surface area contributed by atoms with E-state index in [1.807, 2.05) is 12.1 Å². The molecule has 0 heterocycles. The molecule has 6 nitrogen and oxygen atoms in total. The normalized spacial score (nSPS) is 11.0. The zero-order valence-electron chi connectivity index (χ0n) is 24.6. The van der Waals surface area contributed by atoms with Crippen molar-refractivity contribution in [3.63, 3.8) is 0 Å². The zero-order chi connectivity index (χ0) is 28.3. The molecule has 0 fully saturated rings. The molecule has 0 atom stereocenters. The van der Waals surface area contributed by atoms with E-state index in [2.05, 4.69) is 27.7 Å². The van der Waals surface area contributed by atoms with Gasteiger partial charge in [-0.3, -0.25) is 0 Å². The number of hydrogen-bond acceptors (Lipinski definition) is 7. The summed E-state index contributed by atoms with van der Waals surface area (Å²) in [5.41, 5.74) is 0. The lowest BCUT2D eigenvalue weighted by Gasteiger charge is -2.18. The molecule has 2 aromatic carbocycles. The molecule has 0 spiro atoms. The molecule has 7 heteroatoms. The molecule has 39 heavy (non-hydrogen) atoms. The van der Waals surface area contributed by atoms with Gasteiger partial charge in [0, 0.05) is 24.3 Å². The van der Waals surface area contributed by atoms with Crippen LogP contribution < -0.4 is 18.9 Å². The Hall–Kier alpha value is -2.41. The Bertz CT molecular complexity index is 873. The summed E-state index contributed by atoms with van der Waals surface area (Å²) in [6.45, 7) is 10.8. The lowest BCUT2D eigenvalue weighted by molar-refractivity contribution is 0.278. The van der Waals surface area contributed by atoms with Crippen LogP contribution in [-0.4, -0.2) is 36.6 Å². The topological polar surface area (TPSA) is 77.4 Å². The SMILES string of the molecule is CCCCCOc1cc(Sc2cc(OCCCCC)c(O)cc2OCCCCC)c(OCCCCC)cc1O. The van der Waals surface area contributed by atoms with Crippen molar-refractivity contribution in [2.75, 3.05) is 26.4 Å². The third-order valence-electron chi connectivity index (χ3n) is 6.29. The molecule has 0 aliphatic carbocycles. The third-order valence-corrected chi connectivity index (χ3v) is 7.37. The van der Waals surface area contributed by atoms with Crippen LogP contribution in [0.5, 0.6) is 34.5 Å². The Balaban J connectivity index is 2.37. The van der Waals surface area contributed by atoms with E-state index < -0.39 is 0 Å². The van der Waals surface area contributed by atoms with Crippen LogP contribution in [0.1, 0.15) is 105 Å². The van der Waals surface area contributed by atoms with Gasteiger partial charge in [-0.1, -0.05) is 90.8 Å². The zero-order valence-corrected chi connectivity index (χ0v) is 25.4. The van der Waals surface area contributed by atoms with Crippen molar-refractivity contribution >= 4 is 11.8 Å². The summed E-state index contributed by atoms with van der Waals surface area (Å²) >= 11 is 1.47.